The Morgan fingerprint density at radius 1 is 0.933 bits per heavy atom. The number of halogens is 1. The average molecular weight is 214 g/mol. The molecule has 0 radical (unpaired) electrons. The Hall–Kier alpha value is -1.78. The van der Waals surface area contributed by atoms with E-state index in [1.54, 1.807) is 6.20 Å². The largest absolute Gasteiger partial charge is 0.248 e. The van der Waals surface area contributed by atoms with E-state index < -0.39 is 0 Å². The van der Waals surface area contributed by atoms with E-state index in [-0.39, 0.29) is 0 Å². The highest BCUT2D eigenvalue weighted by molar-refractivity contribution is 6.31. The minimum absolute atomic E-state index is 0.668. The molecule has 0 atom stereocenters. The lowest BCUT2D eigenvalue weighted by molar-refractivity contribution is 1.29. The van der Waals surface area contributed by atoms with Crippen LogP contribution in [0.25, 0.3) is 0 Å². The van der Waals surface area contributed by atoms with Crippen molar-refractivity contribution in [3.63, 3.8) is 0 Å². The summed E-state index contributed by atoms with van der Waals surface area (Å²) >= 11 is 5.97. The third kappa shape index (κ3) is 2.59. The third-order valence-corrected chi connectivity index (χ3v) is 2.19. The molecule has 0 saturated heterocycles. The zero-order valence-corrected chi connectivity index (χ0v) is 8.70. The van der Waals surface area contributed by atoms with Crippen molar-refractivity contribution in [2.45, 2.75) is 0 Å². The van der Waals surface area contributed by atoms with Crippen molar-refractivity contribution in [3.05, 3.63) is 64.9 Å². The molecule has 0 amide bonds. The van der Waals surface area contributed by atoms with Crippen molar-refractivity contribution in [2.75, 3.05) is 0 Å². The van der Waals surface area contributed by atoms with Crippen molar-refractivity contribution >= 4 is 11.6 Å². The number of aromatic nitrogens is 1. The Kier molecular flexibility index (Phi) is 3.02. The predicted molar refractivity (Wildman–Crippen MR) is 61.7 cm³/mol. The summed E-state index contributed by atoms with van der Waals surface area (Å²) < 4.78 is 0. The fourth-order valence-electron chi connectivity index (χ4n) is 1.13. The molecule has 0 fully saturated rings. The van der Waals surface area contributed by atoms with E-state index in [4.69, 9.17) is 11.6 Å². The molecular weight excluding hydrogens is 206 g/mol. The minimum atomic E-state index is 0.668. The molecule has 1 aromatic heterocycles. The van der Waals surface area contributed by atoms with Crippen LogP contribution in [-0.2, 0) is 0 Å². The first-order chi connectivity index (χ1) is 7.36. The quantitative estimate of drug-likeness (QED) is 0.613. The van der Waals surface area contributed by atoms with Crippen LogP contribution in [0.4, 0.5) is 0 Å². The van der Waals surface area contributed by atoms with Crippen LogP contribution in [0.2, 0.25) is 5.02 Å². The topological polar surface area (TPSA) is 12.9 Å². The number of hydrogen-bond acceptors (Lipinski definition) is 1. The van der Waals surface area contributed by atoms with Crippen LogP contribution in [0.5, 0.6) is 0 Å². The van der Waals surface area contributed by atoms with Crippen molar-refractivity contribution in [3.8, 4) is 11.8 Å². The summed E-state index contributed by atoms with van der Waals surface area (Å²) in [6.45, 7) is 0. The van der Waals surface area contributed by atoms with E-state index in [0.29, 0.717) is 5.02 Å². The van der Waals surface area contributed by atoms with Gasteiger partial charge in [0.05, 0.1) is 5.02 Å². The summed E-state index contributed by atoms with van der Waals surface area (Å²) in [5.41, 5.74) is 1.57. The maximum absolute atomic E-state index is 5.97. The second-order valence-electron chi connectivity index (χ2n) is 2.94. The third-order valence-electron chi connectivity index (χ3n) is 1.86. The Balaban J connectivity index is 2.31. The summed E-state index contributed by atoms with van der Waals surface area (Å²) in [6.07, 6.45) is 1.72. The van der Waals surface area contributed by atoms with Crippen molar-refractivity contribution < 1.29 is 0 Å². The van der Waals surface area contributed by atoms with Gasteiger partial charge in [-0.2, -0.15) is 0 Å². The molecule has 0 N–H and O–H groups in total. The van der Waals surface area contributed by atoms with E-state index >= 15 is 0 Å². The number of hydrogen-bond donors (Lipinski definition) is 0. The number of pyridine rings is 1. The fraction of sp³-hybridized carbons (Fsp3) is 0. The molecule has 1 heterocycles. The Bertz CT molecular complexity index is 509. The van der Waals surface area contributed by atoms with Crippen LogP contribution in [0.15, 0.2) is 48.7 Å². The monoisotopic (exact) mass is 213 g/mol. The van der Waals surface area contributed by atoms with Gasteiger partial charge in [0.2, 0.25) is 0 Å². The molecule has 2 rings (SSSR count). The van der Waals surface area contributed by atoms with Gasteiger partial charge in [0.25, 0.3) is 0 Å². The minimum Gasteiger partial charge on any atom is -0.248 e. The Labute approximate surface area is 93.7 Å². The van der Waals surface area contributed by atoms with Gasteiger partial charge < -0.3 is 0 Å². The number of benzene rings is 1. The highest BCUT2D eigenvalue weighted by atomic mass is 35.5. The van der Waals surface area contributed by atoms with Crippen molar-refractivity contribution in [2.24, 2.45) is 0 Å². The fourth-order valence-corrected chi connectivity index (χ4v) is 1.31. The molecule has 0 spiro atoms. The molecule has 0 unspecified atom stereocenters. The molecular formula is C13H8ClN. The molecule has 72 valence electrons. The van der Waals surface area contributed by atoms with Gasteiger partial charge in [0, 0.05) is 11.8 Å². The van der Waals surface area contributed by atoms with Gasteiger partial charge in [0.1, 0.15) is 5.69 Å². The Morgan fingerprint density at radius 3 is 2.47 bits per heavy atom. The number of rotatable bonds is 0. The number of nitrogens with zero attached hydrogens (tertiary/aromatic N) is 1. The summed E-state index contributed by atoms with van der Waals surface area (Å²) in [6, 6.07) is 13.1. The van der Waals surface area contributed by atoms with Gasteiger partial charge in [-0.25, -0.2) is 4.98 Å². The molecule has 0 aliphatic carbocycles. The molecule has 0 saturated carbocycles. The van der Waals surface area contributed by atoms with E-state index in [9.17, 15) is 0 Å². The highest BCUT2D eigenvalue weighted by Gasteiger charge is 1.92. The standard InChI is InChI=1S/C13H8ClN/c14-13-7-2-1-5-11(13)8-9-12-6-3-4-10-15-12/h1-7,10H. The van der Waals surface area contributed by atoms with Crippen LogP contribution in [0.1, 0.15) is 11.3 Å². The van der Waals surface area contributed by atoms with Crippen LogP contribution >= 0.6 is 11.6 Å². The normalized spacial score (nSPS) is 9.13. The summed E-state index contributed by atoms with van der Waals surface area (Å²) in [4.78, 5) is 4.11. The summed E-state index contributed by atoms with van der Waals surface area (Å²) in [7, 11) is 0. The van der Waals surface area contributed by atoms with Crippen LogP contribution in [0, 0.1) is 11.8 Å². The first kappa shape index (κ1) is 9.76. The van der Waals surface area contributed by atoms with Gasteiger partial charge >= 0.3 is 0 Å². The second kappa shape index (κ2) is 4.63. The summed E-state index contributed by atoms with van der Waals surface area (Å²) in [5.74, 6) is 5.94. The molecule has 15 heavy (non-hydrogen) atoms. The van der Waals surface area contributed by atoms with Gasteiger partial charge in [-0.05, 0) is 30.2 Å². The van der Waals surface area contributed by atoms with Gasteiger partial charge in [0.15, 0.2) is 0 Å². The van der Waals surface area contributed by atoms with Crippen LogP contribution in [-0.4, -0.2) is 4.98 Å². The molecule has 2 aromatic rings. The lowest BCUT2D eigenvalue weighted by Crippen LogP contribution is -1.80. The van der Waals surface area contributed by atoms with Gasteiger partial charge in [-0.1, -0.05) is 35.7 Å². The van der Waals surface area contributed by atoms with E-state index in [2.05, 4.69) is 16.8 Å². The molecule has 0 aliphatic heterocycles. The molecule has 1 aromatic carbocycles. The van der Waals surface area contributed by atoms with Gasteiger partial charge in [-0.3, -0.25) is 0 Å². The predicted octanol–water partition coefficient (Wildman–Crippen LogP) is 3.13. The van der Waals surface area contributed by atoms with Crippen LogP contribution < -0.4 is 0 Å². The highest BCUT2D eigenvalue weighted by Crippen LogP contribution is 2.13. The average Bonchev–Trinajstić information content (AvgIpc) is 2.29. The molecule has 0 bridgehead atoms. The zero-order valence-electron chi connectivity index (χ0n) is 7.94. The van der Waals surface area contributed by atoms with E-state index in [1.165, 1.54) is 0 Å². The van der Waals surface area contributed by atoms with Crippen molar-refractivity contribution in [1.82, 2.24) is 4.98 Å². The summed E-state index contributed by atoms with van der Waals surface area (Å²) in [5, 5.41) is 0.668. The lowest BCUT2D eigenvalue weighted by Gasteiger charge is -1.92. The van der Waals surface area contributed by atoms with E-state index in [0.717, 1.165) is 11.3 Å². The Morgan fingerprint density at radius 2 is 1.73 bits per heavy atom. The molecule has 1 nitrogen and oxygen atoms in total. The SMILES string of the molecule is Clc1ccccc1C#Cc1ccccn1. The molecule has 0 aliphatic rings. The molecule has 2 heteroatoms. The second-order valence-corrected chi connectivity index (χ2v) is 3.35. The lowest BCUT2D eigenvalue weighted by atomic mass is 10.2. The smallest absolute Gasteiger partial charge is 0.113 e. The van der Waals surface area contributed by atoms with Gasteiger partial charge in [-0.15, -0.1) is 0 Å². The first-order valence-electron chi connectivity index (χ1n) is 4.54. The maximum atomic E-state index is 5.97. The van der Waals surface area contributed by atoms with Crippen LogP contribution in [0.3, 0.4) is 0 Å². The first-order valence-corrected chi connectivity index (χ1v) is 4.91. The van der Waals surface area contributed by atoms with Crippen molar-refractivity contribution in [1.29, 1.82) is 0 Å². The van der Waals surface area contributed by atoms with E-state index in [1.807, 2.05) is 42.5 Å². The maximum Gasteiger partial charge on any atom is 0.113 e. The zero-order chi connectivity index (χ0) is 10.5.